The molecule has 0 spiro atoms. The molecule has 0 aromatic heterocycles. The smallest absolute Gasteiger partial charge is 0.263 e. The molecule has 1 N–H and O–H groups in total. The molecule has 5 nitrogen and oxygen atoms in total. The maximum atomic E-state index is 11.8. The van der Waals surface area contributed by atoms with E-state index in [1.54, 1.807) is 7.11 Å². The van der Waals surface area contributed by atoms with Crippen molar-refractivity contribution in [1.82, 2.24) is 5.48 Å². The number of nitrogens with one attached hydrogen (secondary N) is 1. The van der Waals surface area contributed by atoms with Gasteiger partial charge in [0.25, 0.3) is 5.91 Å². The van der Waals surface area contributed by atoms with E-state index in [0.717, 1.165) is 19.3 Å². The van der Waals surface area contributed by atoms with Gasteiger partial charge >= 0.3 is 0 Å². The van der Waals surface area contributed by atoms with Crippen LogP contribution < -0.4 is 5.48 Å². The molecule has 0 aromatic rings. The Labute approximate surface area is 95.7 Å². The zero-order valence-electron chi connectivity index (χ0n) is 9.62. The van der Waals surface area contributed by atoms with Crippen LogP contribution in [0.1, 0.15) is 32.1 Å². The molecule has 0 radical (unpaired) electrons. The molecular formula is C11H18N2O3. The lowest BCUT2D eigenvalue weighted by molar-refractivity contribution is -0.143. The summed E-state index contributed by atoms with van der Waals surface area (Å²) in [5.41, 5.74) is 1.45. The number of carbonyl (C=O) groups is 1. The average molecular weight is 226 g/mol. The topological polar surface area (TPSA) is 71.3 Å². The van der Waals surface area contributed by atoms with E-state index in [1.807, 2.05) is 0 Å². The van der Waals surface area contributed by atoms with Gasteiger partial charge in [0, 0.05) is 7.11 Å². The fourth-order valence-electron chi connectivity index (χ4n) is 1.88. The summed E-state index contributed by atoms with van der Waals surface area (Å²) >= 11 is 0. The van der Waals surface area contributed by atoms with Crippen LogP contribution in [0.3, 0.4) is 0 Å². The van der Waals surface area contributed by atoms with E-state index in [9.17, 15) is 4.79 Å². The first-order chi connectivity index (χ1) is 7.75. The lowest BCUT2D eigenvalue weighted by atomic mass is 9.75. The highest BCUT2D eigenvalue weighted by atomic mass is 16.7. The molecule has 0 heterocycles. The van der Waals surface area contributed by atoms with Crippen molar-refractivity contribution >= 4 is 5.91 Å². The second kappa shape index (κ2) is 6.46. The minimum Gasteiger partial charge on any atom is -0.382 e. The molecular weight excluding hydrogens is 208 g/mol. The lowest BCUT2D eigenvalue weighted by Gasteiger charge is -2.28. The monoisotopic (exact) mass is 226 g/mol. The predicted octanol–water partition coefficient (Wildman–Crippen LogP) is 1.15. The minimum absolute atomic E-state index is 0.295. The Morgan fingerprint density at radius 1 is 1.38 bits per heavy atom. The summed E-state index contributed by atoms with van der Waals surface area (Å²) in [6, 6.07) is 2.13. The molecule has 16 heavy (non-hydrogen) atoms. The summed E-state index contributed by atoms with van der Waals surface area (Å²) in [6.07, 6.45) is 4.21. The quantitative estimate of drug-likeness (QED) is 0.564. The van der Waals surface area contributed by atoms with E-state index < -0.39 is 5.41 Å². The number of nitrogens with zero attached hydrogens (tertiary/aromatic N) is 1. The van der Waals surface area contributed by atoms with Gasteiger partial charge < -0.3 is 4.74 Å². The van der Waals surface area contributed by atoms with Gasteiger partial charge in [0.05, 0.1) is 19.3 Å². The first kappa shape index (κ1) is 12.9. The third kappa shape index (κ3) is 3.19. The Bertz CT molecular complexity index is 267. The van der Waals surface area contributed by atoms with Gasteiger partial charge in [-0.3, -0.25) is 9.63 Å². The van der Waals surface area contributed by atoms with E-state index in [-0.39, 0.29) is 5.91 Å². The zero-order chi connectivity index (χ0) is 11.9. The summed E-state index contributed by atoms with van der Waals surface area (Å²) in [6.45, 7) is 0.712. The molecule has 0 aromatic carbocycles. The van der Waals surface area contributed by atoms with Crippen molar-refractivity contribution in [2.24, 2.45) is 5.41 Å². The van der Waals surface area contributed by atoms with Crippen LogP contribution in [0.5, 0.6) is 0 Å². The Morgan fingerprint density at radius 2 is 2.06 bits per heavy atom. The molecule has 90 valence electrons. The van der Waals surface area contributed by atoms with Crippen molar-refractivity contribution < 1.29 is 14.4 Å². The van der Waals surface area contributed by atoms with Crippen LogP contribution >= 0.6 is 0 Å². The van der Waals surface area contributed by atoms with Crippen molar-refractivity contribution in [3.05, 3.63) is 0 Å². The van der Waals surface area contributed by atoms with E-state index in [2.05, 4.69) is 11.5 Å². The van der Waals surface area contributed by atoms with Gasteiger partial charge in [-0.15, -0.1) is 0 Å². The van der Waals surface area contributed by atoms with Crippen molar-refractivity contribution in [3.63, 3.8) is 0 Å². The van der Waals surface area contributed by atoms with E-state index in [0.29, 0.717) is 26.1 Å². The number of hydrogen-bond acceptors (Lipinski definition) is 4. The minimum atomic E-state index is -0.884. The Morgan fingerprint density at radius 3 is 2.62 bits per heavy atom. The summed E-state index contributed by atoms with van der Waals surface area (Å²) in [7, 11) is 1.56. The van der Waals surface area contributed by atoms with Gasteiger partial charge in [0.1, 0.15) is 5.41 Å². The van der Waals surface area contributed by atoms with Gasteiger partial charge in [-0.1, -0.05) is 19.3 Å². The first-order valence-corrected chi connectivity index (χ1v) is 5.57. The largest absolute Gasteiger partial charge is 0.382 e. The molecule has 1 amide bonds. The maximum Gasteiger partial charge on any atom is 0.263 e. The highest BCUT2D eigenvalue weighted by Gasteiger charge is 2.39. The highest BCUT2D eigenvalue weighted by molar-refractivity contribution is 5.84. The van der Waals surface area contributed by atoms with E-state index in [4.69, 9.17) is 14.8 Å². The summed E-state index contributed by atoms with van der Waals surface area (Å²) in [5, 5.41) is 9.12. The second-order valence-corrected chi connectivity index (χ2v) is 4.03. The zero-order valence-corrected chi connectivity index (χ0v) is 9.62. The SMILES string of the molecule is COCCONC(=O)C1(C#N)CCCCC1. The summed E-state index contributed by atoms with van der Waals surface area (Å²) in [5.74, 6) is -0.314. The Balaban J connectivity index is 2.40. The van der Waals surface area contributed by atoms with E-state index >= 15 is 0 Å². The van der Waals surface area contributed by atoms with Crippen molar-refractivity contribution in [3.8, 4) is 6.07 Å². The highest BCUT2D eigenvalue weighted by Crippen LogP contribution is 2.35. The second-order valence-electron chi connectivity index (χ2n) is 4.03. The predicted molar refractivity (Wildman–Crippen MR) is 57.1 cm³/mol. The van der Waals surface area contributed by atoms with Crippen LogP contribution in [0.2, 0.25) is 0 Å². The molecule has 0 atom stereocenters. The number of hydrogen-bond donors (Lipinski definition) is 1. The molecule has 0 aliphatic heterocycles. The molecule has 1 fully saturated rings. The van der Waals surface area contributed by atoms with Crippen LogP contribution in [-0.4, -0.2) is 26.2 Å². The van der Waals surface area contributed by atoms with Crippen LogP contribution in [0, 0.1) is 16.7 Å². The Kier molecular flexibility index (Phi) is 5.23. The summed E-state index contributed by atoms with van der Waals surface area (Å²) < 4.78 is 4.78. The van der Waals surface area contributed by atoms with Crippen LogP contribution in [0.15, 0.2) is 0 Å². The molecule has 1 aliphatic carbocycles. The first-order valence-electron chi connectivity index (χ1n) is 5.57. The fraction of sp³-hybridized carbons (Fsp3) is 0.818. The summed E-state index contributed by atoms with van der Waals surface area (Å²) in [4.78, 5) is 16.8. The molecule has 0 unspecified atom stereocenters. The number of nitriles is 1. The maximum absolute atomic E-state index is 11.8. The van der Waals surface area contributed by atoms with Crippen molar-refractivity contribution in [2.75, 3.05) is 20.3 Å². The number of carbonyl (C=O) groups excluding carboxylic acids is 1. The van der Waals surface area contributed by atoms with Crippen LogP contribution in [0.4, 0.5) is 0 Å². The van der Waals surface area contributed by atoms with Crippen molar-refractivity contribution in [1.29, 1.82) is 5.26 Å². The van der Waals surface area contributed by atoms with Gasteiger partial charge in [-0.2, -0.15) is 5.26 Å². The molecule has 1 aliphatic rings. The van der Waals surface area contributed by atoms with Crippen molar-refractivity contribution in [2.45, 2.75) is 32.1 Å². The van der Waals surface area contributed by atoms with Gasteiger partial charge in [-0.25, -0.2) is 5.48 Å². The lowest BCUT2D eigenvalue weighted by Crippen LogP contribution is -2.41. The molecule has 0 bridgehead atoms. The van der Waals surface area contributed by atoms with Crippen LogP contribution in [-0.2, 0) is 14.4 Å². The number of rotatable bonds is 5. The number of ether oxygens (including phenoxy) is 1. The fourth-order valence-corrected chi connectivity index (χ4v) is 1.88. The normalized spacial score (nSPS) is 18.8. The van der Waals surface area contributed by atoms with Gasteiger partial charge in [0.15, 0.2) is 0 Å². The van der Waals surface area contributed by atoms with Gasteiger partial charge in [-0.05, 0) is 12.8 Å². The third-order valence-electron chi connectivity index (χ3n) is 2.91. The third-order valence-corrected chi connectivity index (χ3v) is 2.91. The standard InChI is InChI=1S/C11H18N2O3/c1-15-7-8-16-13-10(14)11(9-12)5-3-2-4-6-11/h2-8H2,1H3,(H,13,14). The number of amides is 1. The van der Waals surface area contributed by atoms with E-state index in [1.165, 1.54) is 0 Å². The molecule has 1 rings (SSSR count). The number of hydroxylamine groups is 1. The molecule has 0 saturated heterocycles. The average Bonchev–Trinajstić information content (AvgIpc) is 2.35. The number of methoxy groups -OCH3 is 1. The van der Waals surface area contributed by atoms with Crippen LogP contribution in [0.25, 0.3) is 0 Å². The molecule has 1 saturated carbocycles. The molecule has 5 heteroatoms. The van der Waals surface area contributed by atoms with Gasteiger partial charge in [0.2, 0.25) is 0 Å². The Hall–Kier alpha value is -1.12.